The number of hydrogen-bond donors (Lipinski definition) is 4. The van der Waals surface area contributed by atoms with E-state index in [0.29, 0.717) is 0 Å². The van der Waals surface area contributed by atoms with Crippen LogP contribution in [0, 0.1) is 0 Å². The molecule has 4 aromatic rings. The van der Waals surface area contributed by atoms with Crippen molar-refractivity contribution in [3.8, 4) is 23.0 Å². The first kappa shape index (κ1) is 24.7. The van der Waals surface area contributed by atoms with Crippen molar-refractivity contribution in [1.29, 1.82) is 0 Å². The van der Waals surface area contributed by atoms with Crippen LogP contribution in [0.4, 0.5) is 0 Å². The molecule has 0 saturated heterocycles. The van der Waals surface area contributed by atoms with Crippen LogP contribution < -0.4 is 0 Å². The lowest BCUT2D eigenvalue weighted by Crippen LogP contribution is -2.19. The third kappa shape index (κ3) is 5.34. The molecule has 4 N–H and O–H groups in total. The first-order valence-electron chi connectivity index (χ1n) is 11.2. The van der Waals surface area contributed by atoms with E-state index < -0.39 is 5.41 Å². The van der Waals surface area contributed by atoms with E-state index in [4.69, 9.17) is 0 Å². The van der Waals surface area contributed by atoms with E-state index in [0.717, 1.165) is 22.3 Å². The zero-order valence-electron chi connectivity index (χ0n) is 20.0. The largest absolute Gasteiger partial charge is 0.508 e. The smallest absolute Gasteiger partial charge is 0.119 e. The molecule has 0 aliphatic heterocycles. The van der Waals surface area contributed by atoms with Crippen molar-refractivity contribution in [3.05, 3.63) is 119 Å². The summed E-state index contributed by atoms with van der Waals surface area (Å²) < 4.78 is 0. The van der Waals surface area contributed by atoms with Crippen LogP contribution in [-0.2, 0) is 10.8 Å². The highest BCUT2D eigenvalue weighted by Gasteiger charge is 2.28. The van der Waals surface area contributed by atoms with Gasteiger partial charge >= 0.3 is 0 Å². The van der Waals surface area contributed by atoms with E-state index in [1.165, 1.54) is 0 Å². The Labute approximate surface area is 201 Å². The van der Waals surface area contributed by atoms with Crippen molar-refractivity contribution in [1.82, 2.24) is 0 Å². The summed E-state index contributed by atoms with van der Waals surface area (Å²) in [7, 11) is 0. The predicted octanol–water partition coefficient (Wildman–Crippen LogP) is 6.85. The Balaban J connectivity index is 0.000000191. The van der Waals surface area contributed by atoms with Crippen LogP contribution in [0.2, 0.25) is 0 Å². The summed E-state index contributed by atoms with van der Waals surface area (Å²) in [6.45, 7) is 8.20. The molecule has 4 aromatic carbocycles. The molecule has 0 amide bonds. The van der Waals surface area contributed by atoms with Gasteiger partial charge in [-0.05, 0) is 47.5 Å². The Morgan fingerprint density at radius 2 is 0.735 bits per heavy atom. The number of phenolic OH excluding ortho intramolecular Hbond substituents is 4. The molecule has 0 bridgehead atoms. The van der Waals surface area contributed by atoms with Crippen LogP contribution in [0.5, 0.6) is 23.0 Å². The van der Waals surface area contributed by atoms with Crippen LogP contribution in [0.15, 0.2) is 97.1 Å². The Morgan fingerprint density at radius 1 is 0.412 bits per heavy atom. The van der Waals surface area contributed by atoms with Gasteiger partial charge in [-0.2, -0.15) is 0 Å². The molecule has 0 spiro atoms. The lowest BCUT2D eigenvalue weighted by molar-refractivity contribution is 0.435. The third-order valence-electron chi connectivity index (χ3n) is 6.33. The second kappa shape index (κ2) is 9.92. The molecule has 0 aromatic heterocycles. The van der Waals surface area contributed by atoms with Gasteiger partial charge in [0.1, 0.15) is 23.0 Å². The molecule has 0 radical (unpaired) electrons. The molecular weight excluding hydrogens is 424 g/mol. The van der Waals surface area contributed by atoms with E-state index in [1.807, 2.05) is 62.4 Å². The number of aromatic hydroxyl groups is 4. The van der Waals surface area contributed by atoms with Gasteiger partial charge in [-0.1, -0.05) is 88.4 Å². The highest BCUT2D eigenvalue weighted by molar-refractivity contribution is 5.49. The number of para-hydroxylation sites is 2. The summed E-state index contributed by atoms with van der Waals surface area (Å²) in [6.07, 6.45) is 0. The third-order valence-corrected chi connectivity index (χ3v) is 6.33. The van der Waals surface area contributed by atoms with E-state index in [1.54, 1.807) is 48.5 Å². The molecule has 34 heavy (non-hydrogen) atoms. The summed E-state index contributed by atoms with van der Waals surface area (Å²) >= 11 is 0. The average molecular weight is 457 g/mol. The first-order chi connectivity index (χ1) is 16.0. The van der Waals surface area contributed by atoms with Gasteiger partial charge in [-0.25, -0.2) is 0 Å². The van der Waals surface area contributed by atoms with E-state index in [-0.39, 0.29) is 28.4 Å². The topological polar surface area (TPSA) is 80.9 Å². The summed E-state index contributed by atoms with van der Waals surface area (Å²) in [5.41, 5.74) is 3.28. The van der Waals surface area contributed by atoms with Crippen molar-refractivity contribution in [3.63, 3.8) is 0 Å². The van der Waals surface area contributed by atoms with Crippen LogP contribution in [0.1, 0.15) is 49.9 Å². The molecule has 4 heteroatoms. The fraction of sp³-hybridized carbons (Fsp3) is 0.200. The van der Waals surface area contributed by atoms with Gasteiger partial charge < -0.3 is 20.4 Å². The van der Waals surface area contributed by atoms with E-state index >= 15 is 0 Å². The van der Waals surface area contributed by atoms with Gasteiger partial charge in [-0.15, -0.1) is 0 Å². The Morgan fingerprint density at radius 3 is 1.06 bits per heavy atom. The SMILES string of the molecule is CC(C)(c1ccc(O)cc1)c1ccc(O)cc1.CC(C)(c1ccccc1O)c1ccccc1O. The van der Waals surface area contributed by atoms with Crippen LogP contribution in [-0.4, -0.2) is 20.4 Å². The quantitative estimate of drug-likeness (QED) is 0.271. The Bertz CT molecular complexity index is 1130. The molecule has 0 heterocycles. The van der Waals surface area contributed by atoms with E-state index in [2.05, 4.69) is 13.8 Å². The fourth-order valence-corrected chi connectivity index (χ4v) is 4.07. The minimum Gasteiger partial charge on any atom is -0.508 e. The van der Waals surface area contributed by atoms with Gasteiger partial charge in [0.05, 0.1) is 0 Å². The number of hydrogen-bond acceptors (Lipinski definition) is 4. The molecular formula is C30H32O4. The van der Waals surface area contributed by atoms with Gasteiger partial charge in [0.2, 0.25) is 0 Å². The molecule has 0 fully saturated rings. The first-order valence-corrected chi connectivity index (χ1v) is 11.2. The van der Waals surface area contributed by atoms with E-state index in [9.17, 15) is 20.4 Å². The summed E-state index contributed by atoms with van der Waals surface area (Å²) in [6, 6.07) is 28.9. The van der Waals surface area contributed by atoms with Gasteiger partial charge in [0, 0.05) is 22.0 Å². The maximum absolute atomic E-state index is 9.92. The van der Waals surface area contributed by atoms with Crippen molar-refractivity contribution in [2.75, 3.05) is 0 Å². The standard InChI is InChI=1S/2C15H16O2/c1-15(2,11-3-7-13(16)8-4-11)12-5-9-14(17)10-6-12;1-15(2,11-7-3-5-9-13(11)16)12-8-4-6-10-14(12)17/h2*3-10,16-17H,1-2H3. The number of benzene rings is 4. The molecule has 0 unspecified atom stereocenters. The zero-order valence-corrected chi connectivity index (χ0v) is 20.0. The summed E-state index contributed by atoms with van der Waals surface area (Å²) in [4.78, 5) is 0. The predicted molar refractivity (Wildman–Crippen MR) is 137 cm³/mol. The minimum atomic E-state index is -0.434. The number of phenols is 4. The zero-order chi connectivity index (χ0) is 24.9. The normalized spacial score (nSPS) is 11.4. The number of rotatable bonds is 4. The summed E-state index contributed by atoms with van der Waals surface area (Å²) in [5, 5.41) is 38.4. The molecule has 0 saturated carbocycles. The maximum atomic E-state index is 9.92. The lowest BCUT2D eigenvalue weighted by Gasteiger charge is -2.27. The van der Waals surface area contributed by atoms with Crippen LogP contribution in [0.3, 0.4) is 0 Å². The summed E-state index contributed by atoms with van der Waals surface area (Å²) in [5.74, 6) is 1.05. The minimum absolute atomic E-state index is 0.151. The second-order valence-corrected chi connectivity index (χ2v) is 9.38. The Kier molecular flexibility index (Phi) is 7.21. The molecule has 0 aliphatic carbocycles. The van der Waals surface area contributed by atoms with Gasteiger partial charge in [0.25, 0.3) is 0 Å². The highest BCUT2D eigenvalue weighted by atomic mass is 16.3. The van der Waals surface area contributed by atoms with Crippen LogP contribution >= 0.6 is 0 Å². The van der Waals surface area contributed by atoms with Crippen molar-refractivity contribution in [2.45, 2.75) is 38.5 Å². The maximum Gasteiger partial charge on any atom is 0.119 e. The fourth-order valence-electron chi connectivity index (χ4n) is 4.07. The van der Waals surface area contributed by atoms with Crippen molar-refractivity contribution >= 4 is 0 Å². The van der Waals surface area contributed by atoms with Crippen LogP contribution in [0.25, 0.3) is 0 Å². The average Bonchev–Trinajstić information content (AvgIpc) is 2.80. The lowest BCUT2D eigenvalue weighted by atomic mass is 9.77. The highest BCUT2D eigenvalue weighted by Crippen LogP contribution is 2.40. The Hall–Kier alpha value is -3.92. The molecule has 0 aliphatic rings. The molecule has 4 nitrogen and oxygen atoms in total. The van der Waals surface area contributed by atoms with Crippen molar-refractivity contribution < 1.29 is 20.4 Å². The van der Waals surface area contributed by atoms with Crippen molar-refractivity contribution in [2.24, 2.45) is 0 Å². The molecule has 4 rings (SSSR count). The molecule has 176 valence electrons. The van der Waals surface area contributed by atoms with Gasteiger partial charge in [0.15, 0.2) is 0 Å². The van der Waals surface area contributed by atoms with Gasteiger partial charge in [-0.3, -0.25) is 0 Å². The monoisotopic (exact) mass is 456 g/mol. The second-order valence-electron chi connectivity index (χ2n) is 9.38. The molecule has 0 atom stereocenters.